The van der Waals surface area contributed by atoms with Crippen molar-refractivity contribution in [3.63, 3.8) is 0 Å². The van der Waals surface area contributed by atoms with Crippen LogP contribution in [0.15, 0.2) is 53.1 Å². The van der Waals surface area contributed by atoms with E-state index >= 15 is 0 Å². The molecule has 162 valence electrons. The van der Waals surface area contributed by atoms with Gasteiger partial charge in [0.1, 0.15) is 17.3 Å². The zero-order chi connectivity index (χ0) is 21.6. The molecule has 0 unspecified atom stereocenters. The number of aromatic nitrogens is 2. The molecule has 0 bridgehead atoms. The highest BCUT2D eigenvalue weighted by atomic mass is 19.1. The summed E-state index contributed by atoms with van der Waals surface area (Å²) >= 11 is 0. The van der Waals surface area contributed by atoms with E-state index in [2.05, 4.69) is 10.1 Å². The lowest BCUT2D eigenvalue weighted by Crippen LogP contribution is -2.39. The molecule has 0 atom stereocenters. The Kier molecular flexibility index (Phi) is 6.45. The third kappa shape index (κ3) is 5.39. The number of nitrogens with zero attached hydrogens (tertiary/aromatic N) is 3. The lowest BCUT2D eigenvalue weighted by Gasteiger charge is -2.30. The van der Waals surface area contributed by atoms with Gasteiger partial charge in [-0.2, -0.15) is 4.98 Å². The van der Waals surface area contributed by atoms with Crippen LogP contribution in [0.3, 0.4) is 0 Å². The van der Waals surface area contributed by atoms with E-state index in [1.165, 1.54) is 12.1 Å². The number of hydrogen-bond acceptors (Lipinski definition) is 6. The minimum absolute atomic E-state index is 0.105. The van der Waals surface area contributed by atoms with Crippen molar-refractivity contribution in [1.82, 2.24) is 15.0 Å². The van der Waals surface area contributed by atoms with Crippen molar-refractivity contribution < 1.29 is 23.2 Å². The highest BCUT2D eigenvalue weighted by Crippen LogP contribution is 2.27. The van der Waals surface area contributed by atoms with Gasteiger partial charge in [-0.05, 0) is 54.8 Å². The lowest BCUT2D eigenvalue weighted by molar-refractivity contribution is -0.131. The van der Waals surface area contributed by atoms with Crippen molar-refractivity contribution in [2.75, 3.05) is 20.2 Å². The fourth-order valence-corrected chi connectivity index (χ4v) is 3.62. The smallest absolute Gasteiger partial charge is 0.264 e. The average Bonchev–Trinajstić information content (AvgIpc) is 3.28. The van der Waals surface area contributed by atoms with Gasteiger partial charge in [0.2, 0.25) is 5.91 Å². The van der Waals surface area contributed by atoms with Gasteiger partial charge in [0.05, 0.1) is 13.5 Å². The predicted molar refractivity (Wildman–Crippen MR) is 110 cm³/mol. The van der Waals surface area contributed by atoms with Gasteiger partial charge >= 0.3 is 0 Å². The van der Waals surface area contributed by atoms with Crippen LogP contribution in [0.2, 0.25) is 0 Å². The average molecular weight is 425 g/mol. The number of hydrogen-bond donors (Lipinski definition) is 0. The summed E-state index contributed by atoms with van der Waals surface area (Å²) in [5.74, 6) is 2.22. The minimum atomic E-state index is -0.319. The van der Waals surface area contributed by atoms with Crippen molar-refractivity contribution in [1.29, 1.82) is 0 Å². The topological polar surface area (TPSA) is 77.7 Å². The van der Waals surface area contributed by atoms with Crippen LogP contribution >= 0.6 is 0 Å². The molecule has 0 saturated carbocycles. The Hall–Kier alpha value is -3.42. The van der Waals surface area contributed by atoms with E-state index in [0.29, 0.717) is 37.0 Å². The second-order valence-corrected chi connectivity index (χ2v) is 7.47. The second kappa shape index (κ2) is 9.59. The molecule has 1 aromatic heterocycles. The molecule has 1 fully saturated rings. The van der Waals surface area contributed by atoms with Gasteiger partial charge in [0.15, 0.2) is 12.4 Å². The summed E-state index contributed by atoms with van der Waals surface area (Å²) in [6.07, 6.45) is 1.91. The third-order valence-corrected chi connectivity index (χ3v) is 5.36. The minimum Gasteiger partial charge on any atom is -0.497 e. The first-order valence-electron chi connectivity index (χ1n) is 10.2. The van der Waals surface area contributed by atoms with Crippen LogP contribution < -0.4 is 9.47 Å². The van der Waals surface area contributed by atoms with Crippen LogP contribution in [-0.4, -0.2) is 41.1 Å². The highest BCUT2D eigenvalue weighted by Gasteiger charge is 2.27. The van der Waals surface area contributed by atoms with Gasteiger partial charge in [0.25, 0.3) is 5.89 Å². The molecular weight excluding hydrogens is 401 g/mol. The summed E-state index contributed by atoms with van der Waals surface area (Å²) < 4.78 is 29.0. The summed E-state index contributed by atoms with van der Waals surface area (Å²) in [5.41, 5.74) is 0.940. The summed E-state index contributed by atoms with van der Waals surface area (Å²) in [7, 11) is 1.62. The van der Waals surface area contributed by atoms with Crippen LogP contribution in [0.1, 0.15) is 36.0 Å². The SMILES string of the molecule is COc1cccc(CC(=O)N2CCC(c3noc(COc4ccc(F)cc4)n3)CC2)c1. The Morgan fingerprint density at radius 1 is 1.16 bits per heavy atom. The first-order chi connectivity index (χ1) is 15.1. The van der Waals surface area contributed by atoms with Gasteiger partial charge in [-0.3, -0.25) is 4.79 Å². The maximum Gasteiger partial charge on any atom is 0.264 e. The Labute approximate surface area is 179 Å². The number of ether oxygens (including phenoxy) is 2. The van der Waals surface area contributed by atoms with E-state index in [0.717, 1.165) is 24.2 Å². The zero-order valence-electron chi connectivity index (χ0n) is 17.3. The van der Waals surface area contributed by atoms with Gasteiger partial charge in [-0.25, -0.2) is 4.39 Å². The molecule has 2 aromatic carbocycles. The molecular formula is C23H24FN3O4. The molecule has 0 radical (unpaired) electrons. The molecule has 7 nitrogen and oxygen atoms in total. The summed E-state index contributed by atoms with van der Waals surface area (Å²) in [5, 5.41) is 4.08. The molecule has 2 heterocycles. The standard InChI is InChI=1S/C23H24FN3O4/c1-29-20-4-2-3-16(13-20)14-22(28)27-11-9-17(10-12-27)23-25-21(31-26-23)15-30-19-7-5-18(24)6-8-19/h2-8,13,17H,9-12,14-15H2,1H3. The third-order valence-electron chi connectivity index (χ3n) is 5.36. The predicted octanol–water partition coefficient (Wildman–Crippen LogP) is 3.75. The number of methoxy groups -OCH3 is 1. The van der Waals surface area contributed by atoms with E-state index < -0.39 is 0 Å². The van der Waals surface area contributed by atoms with Crippen LogP contribution in [-0.2, 0) is 17.8 Å². The maximum absolute atomic E-state index is 13.0. The van der Waals surface area contributed by atoms with Crippen LogP contribution in [0.5, 0.6) is 11.5 Å². The van der Waals surface area contributed by atoms with Gasteiger partial charge < -0.3 is 18.9 Å². The van der Waals surface area contributed by atoms with Gasteiger partial charge in [-0.1, -0.05) is 17.3 Å². The number of amides is 1. The fourth-order valence-electron chi connectivity index (χ4n) is 3.62. The van der Waals surface area contributed by atoms with Gasteiger partial charge in [0, 0.05) is 19.0 Å². The second-order valence-electron chi connectivity index (χ2n) is 7.47. The number of likely N-dealkylation sites (tertiary alicyclic amines) is 1. The molecule has 1 aliphatic heterocycles. The van der Waals surface area contributed by atoms with Crippen molar-refractivity contribution >= 4 is 5.91 Å². The van der Waals surface area contributed by atoms with Crippen molar-refractivity contribution in [2.45, 2.75) is 31.8 Å². The normalized spacial score (nSPS) is 14.5. The molecule has 31 heavy (non-hydrogen) atoms. The van der Waals surface area contributed by atoms with E-state index in [9.17, 15) is 9.18 Å². The Morgan fingerprint density at radius 2 is 1.94 bits per heavy atom. The monoisotopic (exact) mass is 425 g/mol. The molecule has 1 saturated heterocycles. The molecule has 0 aliphatic carbocycles. The van der Waals surface area contributed by atoms with E-state index in [1.54, 1.807) is 19.2 Å². The number of carbonyl (C=O) groups excluding carboxylic acids is 1. The first kappa shape index (κ1) is 20.8. The molecule has 4 rings (SSSR count). The molecule has 3 aromatic rings. The first-order valence-corrected chi connectivity index (χ1v) is 10.2. The molecule has 1 amide bonds. The Bertz CT molecular complexity index is 1010. The van der Waals surface area contributed by atoms with Crippen LogP contribution in [0.4, 0.5) is 4.39 Å². The lowest BCUT2D eigenvalue weighted by atomic mass is 9.95. The number of halogens is 1. The van der Waals surface area contributed by atoms with E-state index in [-0.39, 0.29) is 24.2 Å². The van der Waals surface area contributed by atoms with Crippen molar-refractivity contribution in [3.8, 4) is 11.5 Å². The number of benzene rings is 2. The summed E-state index contributed by atoms with van der Waals surface area (Å²) in [6, 6.07) is 13.3. The van der Waals surface area contributed by atoms with E-state index in [4.69, 9.17) is 14.0 Å². The number of piperidine rings is 1. The largest absolute Gasteiger partial charge is 0.497 e. The summed E-state index contributed by atoms with van der Waals surface area (Å²) in [4.78, 5) is 19.0. The molecule has 8 heteroatoms. The van der Waals surface area contributed by atoms with E-state index in [1.807, 2.05) is 29.2 Å². The highest BCUT2D eigenvalue weighted by molar-refractivity contribution is 5.79. The molecule has 0 spiro atoms. The number of carbonyl (C=O) groups is 1. The quantitative estimate of drug-likeness (QED) is 0.574. The van der Waals surface area contributed by atoms with Crippen LogP contribution in [0, 0.1) is 5.82 Å². The van der Waals surface area contributed by atoms with Gasteiger partial charge in [-0.15, -0.1) is 0 Å². The summed E-state index contributed by atoms with van der Waals surface area (Å²) in [6.45, 7) is 1.43. The Morgan fingerprint density at radius 3 is 2.68 bits per heavy atom. The van der Waals surface area contributed by atoms with Crippen molar-refractivity contribution in [3.05, 3.63) is 71.6 Å². The molecule has 0 N–H and O–H groups in total. The number of rotatable bonds is 7. The maximum atomic E-state index is 13.0. The molecule has 1 aliphatic rings. The fraction of sp³-hybridized carbons (Fsp3) is 0.348. The van der Waals surface area contributed by atoms with Crippen molar-refractivity contribution in [2.24, 2.45) is 0 Å². The zero-order valence-corrected chi connectivity index (χ0v) is 17.3. The van der Waals surface area contributed by atoms with Crippen LogP contribution in [0.25, 0.3) is 0 Å². The Balaban J connectivity index is 1.26.